The minimum absolute atomic E-state index is 0.000968. The molecule has 0 bridgehead atoms. The van der Waals surface area contributed by atoms with Crippen LogP contribution < -0.4 is 10.1 Å². The van der Waals surface area contributed by atoms with Crippen LogP contribution in [0.2, 0.25) is 0 Å². The summed E-state index contributed by atoms with van der Waals surface area (Å²) in [5, 5.41) is 3.70. The van der Waals surface area contributed by atoms with Crippen LogP contribution in [-0.2, 0) is 24.2 Å². The van der Waals surface area contributed by atoms with Gasteiger partial charge in [0.1, 0.15) is 12.4 Å². The number of rotatable bonds is 2. The van der Waals surface area contributed by atoms with Gasteiger partial charge in [0.2, 0.25) is 5.91 Å². The van der Waals surface area contributed by atoms with Crippen molar-refractivity contribution in [2.45, 2.75) is 19.4 Å². The zero-order chi connectivity index (χ0) is 15.8. The molecule has 1 amide bonds. The fourth-order valence-corrected chi connectivity index (χ4v) is 4.17. The van der Waals surface area contributed by atoms with Gasteiger partial charge in [-0.2, -0.15) is 0 Å². The summed E-state index contributed by atoms with van der Waals surface area (Å²) in [5.74, 6) is 0.733. The lowest BCUT2D eigenvalue weighted by atomic mass is 9.96. The van der Waals surface area contributed by atoms with Gasteiger partial charge in [0.15, 0.2) is 5.13 Å². The number of carbonyl (C=O) groups is 1. The Morgan fingerprint density at radius 3 is 3.22 bits per heavy atom. The van der Waals surface area contributed by atoms with Crippen molar-refractivity contribution in [2.24, 2.45) is 5.92 Å². The fourth-order valence-electron chi connectivity index (χ4n) is 3.08. The smallest absolute Gasteiger partial charge is 0.233 e. The van der Waals surface area contributed by atoms with E-state index >= 15 is 0 Å². The van der Waals surface area contributed by atoms with Gasteiger partial charge in [-0.3, -0.25) is 4.79 Å². The van der Waals surface area contributed by atoms with Crippen molar-refractivity contribution in [3.05, 3.63) is 40.4 Å². The average Bonchev–Trinajstić information content (AvgIpc) is 2.95. The SMILES string of the molecule is CN1CCc2nc(NC(=O)[C@@H]3COc4ccccc4C3)sc2C1. The van der Waals surface area contributed by atoms with Crippen LogP contribution >= 0.6 is 11.3 Å². The highest BCUT2D eigenvalue weighted by Gasteiger charge is 2.27. The molecule has 1 N–H and O–H groups in total. The zero-order valence-electron chi connectivity index (χ0n) is 13.0. The van der Waals surface area contributed by atoms with Gasteiger partial charge < -0.3 is 15.0 Å². The van der Waals surface area contributed by atoms with Gasteiger partial charge in [0, 0.05) is 24.4 Å². The second-order valence-corrected chi connectivity index (χ2v) is 7.27. The minimum Gasteiger partial charge on any atom is -0.492 e. The Morgan fingerprint density at radius 2 is 2.30 bits per heavy atom. The number of thiazole rings is 1. The number of hydrogen-bond acceptors (Lipinski definition) is 5. The van der Waals surface area contributed by atoms with E-state index in [1.165, 1.54) is 4.88 Å². The molecule has 4 rings (SSSR count). The number of nitrogens with one attached hydrogen (secondary N) is 1. The van der Waals surface area contributed by atoms with E-state index in [0.717, 1.165) is 42.9 Å². The third-order valence-electron chi connectivity index (χ3n) is 4.40. The van der Waals surface area contributed by atoms with Crippen molar-refractivity contribution in [1.82, 2.24) is 9.88 Å². The number of hydrogen-bond donors (Lipinski definition) is 1. The number of fused-ring (bicyclic) bond motifs is 2. The molecule has 0 fully saturated rings. The molecule has 1 aromatic heterocycles. The number of amides is 1. The Morgan fingerprint density at radius 1 is 1.43 bits per heavy atom. The molecule has 2 aliphatic rings. The van der Waals surface area contributed by atoms with Crippen molar-refractivity contribution in [3.8, 4) is 5.75 Å². The van der Waals surface area contributed by atoms with Crippen LogP contribution in [0, 0.1) is 5.92 Å². The minimum atomic E-state index is -0.159. The Kier molecular flexibility index (Phi) is 3.79. The van der Waals surface area contributed by atoms with Crippen LogP contribution in [-0.4, -0.2) is 36.0 Å². The fraction of sp³-hybridized carbons (Fsp3) is 0.412. The first-order valence-corrected chi connectivity index (χ1v) is 8.69. The van der Waals surface area contributed by atoms with Gasteiger partial charge in [-0.1, -0.05) is 18.2 Å². The highest BCUT2D eigenvalue weighted by Crippen LogP contribution is 2.30. The second kappa shape index (κ2) is 5.94. The maximum Gasteiger partial charge on any atom is 0.233 e. The number of para-hydroxylation sites is 1. The van der Waals surface area contributed by atoms with Crippen LogP contribution in [0.25, 0.3) is 0 Å². The number of likely N-dealkylation sites (N-methyl/N-ethyl adjacent to an activating group) is 1. The summed E-state index contributed by atoms with van der Waals surface area (Å²) in [6.45, 7) is 2.37. The Balaban J connectivity index is 1.45. The largest absolute Gasteiger partial charge is 0.492 e. The Labute approximate surface area is 139 Å². The lowest BCUT2D eigenvalue weighted by molar-refractivity contribution is -0.121. The van der Waals surface area contributed by atoms with E-state index in [9.17, 15) is 4.79 Å². The van der Waals surface area contributed by atoms with E-state index in [0.29, 0.717) is 11.7 Å². The van der Waals surface area contributed by atoms with Gasteiger partial charge in [-0.05, 0) is 25.1 Å². The predicted molar refractivity (Wildman–Crippen MR) is 89.9 cm³/mol. The highest BCUT2D eigenvalue weighted by atomic mass is 32.1. The zero-order valence-corrected chi connectivity index (χ0v) is 13.9. The van der Waals surface area contributed by atoms with Crippen molar-refractivity contribution in [3.63, 3.8) is 0 Å². The molecule has 5 nitrogen and oxygen atoms in total. The third-order valence-corrected chi connectivity index (χ3v) is 5.40. The van der Waals surface area contributed by atoms with Crippen LogP contribution in [0.5, 0.6) is 5.75 Å². The number of ether oxygens (including phenoxy) is 1. The molecule has 6 heteroatoms. The first kappa shape index (κ1) is 14.7. The summed E-state index contributed by atoms with van der Waals surface area (Å²) in [4.78, 5) is 20.6. The normalized spacial score (nSPS) is 20.3. The molecular weight excluding hydrogens is 310 g/mol. The molecule has 0 unspecified atom stereocenters. The predicted octanol–water partition coefficient (Wildman–Crippen LogP) is 2.32. The average molecular weight is 329 g/mol. The summed E-state index contributed by atoms with van der Waals surface area (Å²) < 4.78 is 5.71. The van der Waals surface area contributed by atoms with Crippen LogP contribution in [0.15, 0.2) is 24.3 Å². The quantitative estimate of drug-likeness (QED) is 0.919. The molecule has 0 saturated heterocycles. The molecule has 0 spiro atoms. The van der Waals surface area contributed by atoms with Crippen LogP contribution in [0.1, 0.15) is 16.1 Å². The third kappa shape index (κ3) is 2.96. The van der Waals surface area contributed by atoms with Gasteiger partial charge in [0.05, 0.1) is 11.6 Å². The first-order chi connectivity index (χ1) is 11.2. The van der Waals surface area contributed by atoms with Crippen LogP contribution in [0.3, 0.4) is 0 Å². The van der Waals surface area contributed by atoms with E-state index in [2.05, 4.69) is 22.2 Å². The molecular formula is C17H19N3O2S. The number of carbonyl (C=O) groups excluding carboxylic acids is 1. The molecule has 2 aliphatic heterocycles. The number of benzene rings is 1. The summed E-state index contributed by atoms with van der Waals surface area (Å²) in [6, 6.07) is 7.91. The van der Waals surface area contributed by atoms with Crippen LogP contribution in [0.4, 0.5) is 5.13 Å². The molecule has 0 radical (unpaired) electrons. The number of nitrogens with zero attached hydrogens (tertiary/aromatic N) is 2. The van der Waals surface area contributed by atoms with E-state index in [1.807, 2.05) is 24.3 Å². The van der Waals surface area contributed by atoms with Gasteiger partial charge in [0.25, 0.3) is 0 Å². The van der Waals surface area contributed by atoms with Gasteiger partial charge in [-0.25, -0.2) is 4.98 Å². The molecule has 0 saturated carbocycles. The van der Waals surface area contributed by atoms with E-state index in [4.69, 9.17) is 4.74 Å². The monoisotopic (exact) mass is 329 g/mol. The van der Waals surface area contributed by atoms with Gasteiger partial charge >= 0.3 is 0 Å². The summed E-state index contributed by atoms with van der Waals surface area (Å²) >= 11 is 1.59. The number of aromatic nitrogens is 1. The molecule has 3 heterocycles. The molecule has 1 aromatic carbocycles. The molecule has 1 atom stereocenters. The molecule has 0 aliphatic carbocycles. The van der Waals surface area contributed by atoms with Crippen molar-refractivity contribution in [1.29, 1.82) is 0 Å². The summed E-state index contributed by atoms with van der Waals surface area (Å²) in [5.41, 5.74) is 2.23. The van der Waals surface area contributed by atoms with E-state index in [1.54, 1.807) is 11.3 Å². The maximum absolute atomic E-state index is 12.5. The second-order valence-electron chi connectivity index (χ2n) is 6.19. The topological polar surface area (TPSA) is 54.5 Å². The molecule has 2 aromatic rings. The van der Waals surface area contributed by atoms with E-state index < -0.39 is 0 Å². The first-order valence-electron chi connectivity index (χ1n) is 7.88. The standard InChI is InChI=1S/C17H19N3O2S/c1-20-7-6-13-15(9-20)23-17(18-13)19-16(21)12-8-11-4-2-3-5-14(11)22-10-12/h2-5,12H,6-10H2,1H3,(H,18,19,21)/t12-/m0/s1. The molecule has 120 valence electrons. The van der Waals surface area contributed by atoms with E-state index in [-0.39, 0.29) is 11.8 Å². The lowest BCUT2D eigenvalue weighted by Crippen LogP contribution is -2.32. The van der Waals surface area contributed by atoms with Crippen molar-refractivity contribution < 1.29 is 9.53 Å². The van der Waals surface area contributed by atoms with Crippen molar-refractivity contribution >= 4 is 22.4 Å². The van der Waals surface area contributed by atoms with Crippen molar-refractivity contribution in [2.75, 3.05) is 25.5 Å². The van der Waals surface area contributed by atoms with Gasteiger partial charge in [-0.15, -0.1) is 11.3 Å². The highest BCUT2D eigenvalue weighted by molar-refractivity contribution is 7.15. The summed E-state index contributed by atoms with van der Waals surface area (Å²) in [7, 11) is 2.11. The molecule has 23 heavy (non-hydrogen) atoms. The Bertz CT molecular complexity index is 743. The number of anilines is 1. The summed E-state index contributed by atoms with van der Waals surface area (Å²) in [6.07, 6.45) is 1.67. The Hall–Kier alpha value is -1.92. The maximum atomic E-state index is 12.5. The lowest BCUT2D eigenvalue weighted by Gasteiger charge is -2.24.